The summed E-state index contributed by atoms with van der Waals surface area (Å²) in [4.78, 5) is 16.2. The van der Waals surface area contributed by atoms with Gasteiger partial charge in [0.2, 0.25) is 0 Å². The van der Waals surface area contributed by atoms with Crippen LogP contribution in [0.4, 0.5) is 4.79 Å². The molecule has 1 aromatic heterocycles. The highest BCUT2D eigenvalue weighted by Gasteiger charge is 2.68. The molecule has 5 rings (SSSR count). The first kappa shape index (κ1) is 30.7. The molecule has 0 bridgehead atoms. The number of carbonyl (C=O) groups is 1. The lowest BCUT2D eigenvalue weighted by atomic mass is 9.36. The van der Waals surface area contributed by atoms with Gasteiger partial charge in [-0.15, -0.1) is 0 Å². The van der Waals surface area contributed by atoms with Gasteiger partial charge in [-0.25, -0.2) is 17.9 Å². The number of carbonyl (C=O) groups excluding carboxylic acids is 1. The van der Waals surface area contributed by atoms with Crippen LogP contribution in [0.3, 0.4) is 0 Å². The second-order valence-corrected chi connectivity index (χ2v) is 16.2. The van der Waals surface area contributed by atoms with Gasteiger partial charge in [0, 0.05) is 18.9 Å². The molecule has 4 N–H and O–H groups in total. The summed E-state index contributed by atoms with van der Waals surface area (Å²) in [5, 5.41) is 25.5. The summed E-state index contributed by atoms with van der Waals surface area (Å²) in [6.07, 6.45) is 11.1. The van der Waals surface area contributed by atoms with E-state index in [-0.39, 0.29) is 39.3 Å². The molecule has 0 saturated heterocycles. The molecule has 230 valence electrons. The van der Waals surface area contributed by atoms with Crippen molar-refractivity contribution in [2.24, 2.45) is 51.8 Å². The van der Waals surface area contributed by atoms with Gasteiger partial charge >= 0.3 is 6.03 Å². The zero-order valence-corrected chi connectivity index (χ0v) is 26.3. The molecule has 11 atom stereocenters. The Morgan fingerprint density at radius 1 is 1.05 bits per heavy atom. The van der Waals surface area contributed by atoms with Crippen LogP contribution in [0.25, 0.3) is 0 Å². The van der Waals surface area contributed by atoms with Crippen molar-refractivity contribution in [2.45, 2.75) is 110 Å². The van der Waals surface area contributed by atoms with Crippen LogP contribution < -0.4 is 10.0 Å². The van der Waals surface area contributed by atoms with Gasteiger partial charge in [0.25, 0.3) is 10.0 Å². The molecule has 0 aliphatic heterocycles. The summed E-state index contributed by atoms with van der Waals surface area (Å²) < 4.78 is 27.0. The number of amides is 2. The van der Waals surface area contributed by atoms with Crippen molar-refractivity contribution in [1.29, 1.82) is 0 Å². The maximum Gasteiger partial charge on any atom is 0.328 e. The van der Waals surface area contributed by atoms with Crippen molar-refractivity contribution < 1.29 is 23.4 Å². The summed E-state index contributed by atoms with van der Waals surface area (Å²) in [7, 11) is -3.94. The Balaban J connectivity index is 1.25. The monoisotopic (exact) mass is 589 g/mol. The van der Waals surface area contributed by atoms with Crippen molar-refractivity contribution in [3.8, 4) is 0 Å². The maximum absolute atomic E-state index is 12.4. The summed E-state index contributed by atoms with van der Waals surface area (Å²) in [6.45, 7) is 12.2. The first-order valence-electron chi connectivity index (χ1n) is 15.9. The Bertz CT molecular complexity index is 1210. The number of pyridine rings is 1. The normalized spacial score (nSPS) is 42.9. The van der Waals surface area contributed by atoms with Gasteiger partial charge < -0.3 is 15.5 Å². The first-order chi connectivity index (χ1) is 19.3. The molecule has 4 aliphatic rings. The SMILES string of the molecule is CC[C@H]1[C@@H](O)[C@H]2[C@@H]3CC[C@H]([C@H](C)CCNC(=O)NS(=O)(=O)c4ccncc4)[C@@]3(C)CC[C@@H]2[C@@]2(C)CC[C@@H](O)C[C@@]12C. The lowest BCUT2D eigenvalue weighted by molar-refractivity contribution is -0.243. The third kappa shape index (κ3) is 5.01. The van der Waals surface area contributed by atoms with Crippen LogP contribution >= 0.6 is 0 Å². The third-order valence-corrected chi connectivity index (χ3v) is 14.4. The molecule has 8 nitrogen and oxygen atoms in total. The van der Waals surface area contributed by atoms with Gasteiger partial charge in [0.05, 0.1) is 17.1 Å². The van der Waals surface area contributed by atoms with E-state index in [4.69, 9.17) is 0 Å². The second-order valence-electron chi connectivity index (χ2n) is 14.6. The van der Waals surface area contributed by atoms with Gasteiger partial charge in [-0.1, -0.05) is 41.0 Å². The molecular weight excluding hydrogens is 538 g/mol. The molecule has 4 fully saturated rings. The van der Waals surface area contributed by atoms with Gasteiger partial charge in [0.15, 0.2) is 0 Å². The fraction of sp³-hybridized carbons (Fsp3) is 0.812. The maximum atomic E-state index is 12.4. The number of aliphatic hydroxyl groups is 2. The van der Waals surface area contributed by atoms with Crippen LogP contribution in [-0.4, -0.2) is 48.4 Å². The number of urea groups is 1. The highest BCUT2D eigenvalue weighted by atomic mass is 32.2. The summed E-state index contributed by atoms with van der Waals surface area (Å²) in [6, 6.07) is 2.00. The summed E-state index contributed by atoms with van der Waals surface area (Å²) >= 11 is 0. The van der Waals surface area contributed by atoms with Crippen LogP contribution in [0.5, 0.6) is 0 Å². The number of rotatable bonds is 7. The average Bonchev–Trinajstić information content (AvgIpc) is 3.27. The largest absolute Gasteiger partial charge is 0.393 e. The molecule has 41 heavy (non-hydrogen) atoms. The smallest absolute Gasteiger partial charge is 0.328 e. The van der Waals surface area contributed by atoms with E-state index < -0.39 is 16.1 Å². The Morgan fingerprint density at radius 3 is 2.44 bits per heavy atom. The van der Waals surface area contributed by atoms with E-state index in [0.29, 0.717) is 36.1 Å². The van der Waals surface area contributed by atoms with E-state index in [1.807, 2.05) is 0 Å². The quantitative estimate of drug-likeness (QED) is 0.350. The molecule has 0 aromatic carbocycles. The minimum absolute atomic E-state index is 0.00494. The van der Waals surface area contributed by atoms with E-state index in [9.17, 15) is 23.4 Å². The number of nitrogens with one attached hydrogen (secondary N) is 2. The summed E-state index contributed by atoms with van der Waals surface area (Å²) in [5.74, 6) is 2.33. The van der Waals surface area contributed by atoms with Crippen LogP contribution in [-0.2, 0) is 10.0 Å². The average molecular weight is 590 g/mol. The van der Waals surface area contributed by atoms with Gasteiger partial charge in [-0.2, -0.15) is 0 Å². The number of hydrogen-bond acceptors (Lipinski definition) is 6. The van der Waals surface area contributed by atoms with Crippen molar-refractivity contribution in [2.75, 3.05) is 6.54 Å². The predicted octanol–water partition coefficient (Wildman–Crippen LogP) is 5.11. The molecular formula is C32H51N3O5S. The van der Waals surface area contributed by atoms with E-state index in [1.165, 1.54) is 24.5 Å². The van der Waals surface area contributed by atoms with Gasteiger partial charge in [0.1, 0.15) is 0 Å². The zero-order chi connectivity index (χ0) is 29.8. The number of aromatic nitrogens is 1. The minimum Gasteiger partial charge on any atom is -0.393 e. The minimum atomic E-state index is -3.94. The van der Waals surface area contributed by atoms with E-state index in [0.717, 1.165) is 57.8 Å². The first-order valence-corrected chi connectivity index (χ1v) is 17.3. The second kappa shape index (κ2) is 11.1. The number of nitrogens with zero attached hydrogens (tertiary/aromatic N) is 1. The van der Waals surface area contributed by atoms with Gasteiger partial charge in [-0.05, 0) is 115 Å². The number of hydrogen-bond donors (Lipinski definition) is 4. The molecule has 4 saturated carbocycles. The van der Waals surface area contributed by atoms with Crippen molar-refractivity contribution >= 4 is 16.1 Å². The predicted molar refractivity (Wildman–Crippen MR) is 158 cm³/mol. The van der Waals surface area contributed by atoms with E-state index >= 15 is 0 Å². The van der Waals surface area contributed by atoms with Crippen LogP contribution in [0.15, 0.2) is 29.4 Å². The van der Waals surface area contributed by atoms with Gasteiger partial charge in [-0.3, -0.25) is 4.98 Å². The molecule has 4 aliphatic carbocycles. The van der Waals surface area contributed by atoms with Crippen LogP contribution in [0.1, 0.15) is 92.4 Å². The molecule has 0 spiro atoms. The third-order valence-electron chi connectivity index (χ3n) is 13.0. The Hall–Kier alpha value is -1.71. The number of fused-ring (bicyclic) bond motifs is 5. The van der Waals surface area contributed by atoms with Crippen molar-refractivity contribution in [3.05, 3.63) is 24.5 Å². The van der Waals surface area contributed by atoms with E-state index in [2.05, 4.69) is 49.6 Å². The molecule has 0 radical (unpaired) electrons. The number of sulfonamides is 1. The Labute approximate surface area is 246 Å². The fourth-order valence-corrected chi connectivity index (χ4v) is 11.8. The van der Waals surface area contributed by atoms with Crippen molar-refractivity contribution in [1.82, 2.24) is 15.0 Å². The van der Waals surface area contributed by atoms with Crippen LogP contribution in [0.2, 0.25) is 0 Å². The van der Waals surface area contributed by atoms with Crippen LogP contribution in [0, 0.1) is 51.8 Å². The lowest BCUT2D eigenvalue weighted by Crippen LogP contribution is -2.66. The zero-order valence-electron chi connectivity index (χ0n) is 25.5. The Morgan fingerprint density at radius 2 is 1.76 bits per heavy atom. The summed E-state index contributed by atoms with van der Waals surface area (Å²) in [5.41, 5.74) is 0.233. The van der Waals surface area contributed by atoms with E-state index in [1.54, 1.807) is 0 Å². The van der Waals surface area contributed by atoms with Crippen molar-refractivity contribution in [3.63, 3.8) is 0 Å². The highest BCUT2D eigenvalue weighted by molar-refractivity contribution is 7.90. The standard InChI is InChI=1S/C32H51N3O5S/c1-6-23-28(37)27-25-8-7-24(20(2)11-18-34-29(38)35-41(39,40)22-12-16-33-17-13-22)30(25,3)14-10-26(27)31(4)15-9-21(36)19-32(23,31)5/h12-13,16-17,20-21,23-28,36-37H,6-11,14-15,18-19H2,1-5H3,(H2,34,35,38)/t20-,21-,23+,24-,25+,26+,27+,28-,30-,31-,32+/m1/s1. The molecule has 1 aromatic rings. The fourth-order valence-electron chi connectivity index (χ4n) is 10.8. The number of aliphatic hydroxyl groups excluding tert-OH is 2. The highest BCUT2D eigenvalue weighted by Crippen LogP contribution is 2.72. The molecule has 2 amide bonds. The molecule has 1 heterocycles. The topological polar surface area (TPSA) is 129 Å². The Kier molecular flexibility index (Phi) is 8.31. The molecule has 0 unspecified atom stereocenters. The molecule has 9 heteroatoms. The lowest BCUT2D eigenvalue weighted by Gasteiger charge is -2.69.